The van der Waals surface area contributed by atoms with E-state index < -0.39 is 0 Å². The highest BCUT2D eigenvalue weighted by Crippen LogP contribution is 2.13. The third-order valence-electron chi connectivity index (χ3n) is 4.55. The zero-order valence-electron chi connectivity index (χ0n) is 16.0. The minimum Gasteiger partial charge on any atom is -0.357 e. The third-order valence-corrected chi connectivity index (χ3v) is 4.55. The maximum absolute atomic E-state index is 4.69. The molecule has 2 heterocycles. The van der Waals surface area contributed by atoms with Gasteiger partial charge in [0, 0.05) is 19.3 Å². The zero-order chi connectivity index (χ0) is 18.0. The number of pyridine rings is 1. The number of nitrogens with one attached hydrogen (secondary N) is 2. The molecule has 1 saturated heterocycles. The van der Waals surface area contributed by atoms with Crippen LogP contribution in [-0.2, 0) is 19.6 Å². The number of likely N-dealkylation sites (tertiary alicyclic amines) is 1. The molecule has 2 N–H and O–H groups in total. The Morgan fingerprint density at radius 1 is 1.04 bits per heavy atom. The van der Waals surface area contributed by atoms with Crippen molar-refractivity contribution >= 4 is 29.9 Å². The molecule has 3 rings (SSSR count). The summed E-state index contributed by atoms with van der Waals surface area (Å²) in [5, 5.41) is 6.62. The lowest BCUT2D eigenvalue weighted by Crippen LogP contribution is -2.37. The van der Waals surface area contributed by atoms with E-state index in [-0.39, 0.29) is 24.0 Å². The maximum atomic E-state index is 4.69. The highest BCUT2D eigenvalue weighted by Gasteiger charge is 2.11. The Labute approximate surface area is 179 Å². The molecule has 0 aliphatic carbocycles. The molecule has 0 amide bonds. The van der Waals surface area contributed by atoms with Gasteiger partial charge in [0.05, 0.1) is 18.8 Å². The van der Waals surface area contributed by atoms with E-state index in [2.05, 4.69) is 56.7 Å². The summed E-state index contributed by atoms with van der Waals surface area (Å²) in [6, 6.07) is 14.8. The van der Waals surface area contributed by atoms with Crippen LogP contribution in [0.4, 0.5) is 0 Å². The molecule has 0 atom stereocenters. The lowest BCUT2D eigenvalue weighted by atomic mass is 10.1. The molecule has 27 heavy (non-hydrogen) atoms. The molecular formula is C21H30IN5. The first-order chi connectivity index (χ1) is 12.8. The summed E-state index contributed by atoms with van der Waals surface area (Å²) in [7, 11) is 0. The van der Waals surface area contributed by atoms with Crippen LogP contribution in [0, 0.1) is 0 Å². The van der Waals surface area contributed by atoms with Crippen LogP contribution in [0.5, 0.6) is 0 Å². The number of hydrogen-bond acceptors (Lipinski definition) is 3. The molecule has 1 fully saturated rings. The number of hydrogen-bond donors (Lipinski definition) is 2. The second kappa shape index (κ2) is 11.9. The van der Waals surface area contributed by atoms with Crippen LogP contribution in [0.3, 0.4) is 0 Å². The Morgan fingerprint density at radius 2 is 1.78 bits per heavy atom. The second-order valence-corrected chi connectivity index (χ2v) is 6.67. The molecule has 1 aromatic heterocycles. The van der Waals surface area contributed by atoms with Crippen molar-refractivity contribution in [3.05, 3.63) is 65.5 Å². The van der Waals surface area contributed by atoms with E-state index in [1.165, 1.54) is 37.1 Å². The molecule has 5 nitrogen and oxygen atoms in total. The van der Waals surface area contributed by atoms with Crippen LogP contribution in [-0.4, -0.2) is 35.5 Å². The van der Waals surface area contributed by atoms with E-state index in [1.807, 2.05) is 24.4 Å². The Balaban J connectivity index is 0.00000261. The smallest absolute Gasteiger partial charge is 0.191 e. The van der Waals surface area contributed by atoms with Crippen molar-refractivity contribution in [2.45, 2.75) is 39.4 Å². The largest absolute Gasteiger partial charge is 0.357 e. The summed E-state index contributed by atoms with van der Waals surface area (Å²) >= 11 is 0. The van der Waals surface area contributed by atoms with Gasteiger partial charge in [-0.1, -0.05) is 30.3 Å². The van der Waals surface area contributed by atoms with E-state index in [9.17, 15) is 0 Å². The van der Waals surface area contributed by atoms with Gasteiger partial charge in [-0.15, -0.1) is 24.0 Å². The SMILES string of the molecule is CCNC(=NCc1ccc(CN2CCCC2)cc1)NCc1ccccn1.I. The van der Waals surface area contributed by atoms with Crippen molar-refractivity contribution in [1.29, 1.82) is 0 Å². The second-order valence-electron chi connectivity index (χ2n) is 6.67. The Bertz CT molecular complexity index is 681. The van der Waals surface area contributed by atoms with Crippen LogP contribution >= 0.6 is 24.0 Å². The molecule has 0 spiro atoms. The molecule has 0 bridgehead atoms. The summed E-state index contributed by atoms with van der Waals surface area (Å²) in [6.45, 7) is 7.79. The van der Waals surface area contributed by atoms with Crippen molar-refractivity contribution < 1.29 is 0 Å². The number of halogens is 1. The van der Waals surface area contributed by atoms with Crippen molar-refractivity contribution in [3.63, 3.8) is 0 Å². The summed E-state index contributed by atoms with van der Waals surface area (Å²) in [5.41, 5.74) is 3.62. The number of nitrogens with zero attached hydrogens (tertiary/aromatic N) is 3. The molecule has 2 aromatic rings. The molecule has 0 radical (unpaired) electrons. The highest BCUT2D eigenvalue weighted by molar-refractivity contribution is 14.0. The van der Waals surface area contributed by atoms with Crippen molar-refractivity contribution in [3.8, 4) is 0 Å². The molecule has 1 aliphatic heterocycles. The number of aromatic nitrogens is 1. The molecule has 1 aromatic carbocycles. The first kappa shape index (κ1) is 21.6. The normalized spacial score (nSPS) is 14.6. The first-order valence-electron chi connectivity index (χ1n) is 9.56. The molecular weight excluding hydrogens is 449 g/mol. The number of benzene rings is 1. The summed E-state index contributed by atoms with van der Waals surface area (Å²) in [5.74, 6) is 0.819. The fourth-order valence-electron chi connectivity index (χ4n) is 3.14. The fourth-order valence-corrected chi connectivity index (χ4v) is 3.14. The lowest BCUT2D eigenvalue weighted by molar-refractivity contribution is 0.331. The highest BCUT2D eigenvalue weighted by atomic mass is 127. The van der Waals surface area contributed by atoms with Gasteiger partial charge in [0.1, 0.15) is 0 Å². The van der Waals surface area contributed by atoms with Gasteiger partial charge in [0.25, 0.3) is 0 Å². The minimum absolute atomic E-state index is 0. The molecule has 6 heteroatoms. The first-order valence-corrected chi connectivity index (χ1v) is 9.56. The van der Waals surface area contributed by atoms with Crippen molar-refractivity contribution in [1.82, 2.24) is 20.5 Å². The minimum atomic E-state index is 0. The molecule has 0 unspecified atom stereocenters. The Kier molecular flexibility index (Phi) is 9.55. The number of rotatable bonds is 7. The van der Waals surface area contributed by atoms with Crippen LogP contribution in [0.15, 0.2) is 53.7 Å². The van der Waals surface area contributed by atoms with E-state index in [4.69, 9.17) is 0 Å². The number of aliphatic imine (C=N–C) groups is 1. The average Bonchev–Trinajstić information content (AvgIpc) is 3.19. The van der Waals surface area contributed by atoms with E-state index in [1.54, 1.807) is 0 Å². The van der Waals surface area contributed by atoms with Gasteiger partial charge in [-0.25, -0.2) is 4.99 Å². The van der Waals surface area contributed by atoms with Crippen LogP contribution < -0.4 is 10.6 Å². The van der Waals surface area contributed by atoms with E-state index in [0.717, 1.165) is 24.7 Å². The Morgan fingerprint density at radius 3 is 2.44 bits per heavy atom. The van der Waals surface area contributed by atoms with Gasteiger partial charge < -0.3 is 10.6 Å². The third kappa shape index (κ3) is 7.46. The van der Waals surface area contributed by atoms with Gasteiger partial charge in [-0.3, -0.25) is 9.88 Å². The Hall–Kier alpha value is -1.67. The average molecular weight is 479 g/mol. The van der Waals surface area contributed by atoms with Gasteiger partial charge >= 0.3 is 0 Å². The molecule has 1 aliphatic rings. The monoisotopic (exact) mass is 479 g/mol. The van der Waals surface area contributed by atoms with Crippen LogP contribution in [0.1, 0.15) is 36.6 Å². The topological polar surface area (TPSA) is 52.6 Å². The van der Waals surface area contributed by atoms with Gasteiger partial charge in [0.2, 0.25) is 0 Å². The van der Waals surface area contributed by atoms with Gasteiger partial charge in [-0.2, -0.15) is 0 Å². The van der Waals surface area contributed by atoms with Crippen LogP contribution in [0.25, 0.3) is 0 Å². The predicted octanol–water partition coefficient (Wildman–Crippen LogP) is 3.55. The zero-order valence-corrected chi connectivity index (χ0v) is 18.4. The predicted molar refractivity (Wildman–Crippen MR) is 122 cm³/mol. The summed E-state index contributed by atoms with van der Waals surface area (Å²) in [6.07, 6.45) is 4.49. The quantitative estimate of drug-likeness (QED) is 0.363. The van der Waals surface area contributed by atoms with Gasteiger partial charge in [0.15, 0.2) is 5.96 Å². The van der Waals surface area contributed by atoms with Crippen molar-refractivity contribution in [2.24, 2.45) is 4.99 Å². The summed E-state index contributed by atoms with van der Waals surface area (Å²) < 4.78 is 0. The standard InChI is InChI=1S/C21H29N5.HI/c1-2-22-21(25-16-20-7-3-4-12-23-20)24-15-18-8-10-19(11-9-18)17-26-13-5-6-14-26;/h3-4,7-12H,2,5-6,13-17H2,1H3,(H2,22,24,25);1H. The van der Waals surface area contributed by atoms with Crippen molar-refractivity contribution in [2.75, 3.05) is 19.6 Å². The van der Waals surface area contributed by atoms with Crippen LogP contribution in [0.2, 0.25) is 0 Å². The lowest BCUT2D eigenvalue weighted by Gasteiger charge is -2.14. The number of guanidine groups is 1. The molecule has 0 saturated carbocycles. The van der Waals surface area contributed by atoms with E-state index in [0.29, 0.717) is 13.1 Å². The van der Waals surface area contributed by atoms with Gasteiger partial charge in [-0.05, 0) is 56.1 Å². The fraction of sp³-hybridized carbons (Fsp3) is 0.429. The summed E-state index contributed by atoms with van der Waals surface area (Å²) in [4.78, 5) is 11.5. The van der Waals surface area contributed by atoms with E-state index >= 15 is 0 Å². The molecule has 146 valence electrons. The maximum Gasteiger partial charge on any atom is 0.191 e.